The molecule has 33 heavy (non-hydrogen) atoms. The molecule has 1 aromatic carbocycles. The minimum Gasteiger partial charge on any atom is -0.497 e. The predicted octanol–water partition coefficient (Wildman–Crippen LogP) is 2.05. The van der Waals surface area contributed by atoms with Gasteiger partial charge in [-0.05, 0) is 56.8 Å². The molecule has 1 heterocycles. The zero-order valence-corrected chi connectivity index (χ0v) is 19.9. The fourth-order valence-corrected chi connectivity index (χ4v) is 4.36. The van der Waals surface area contributed by atoms with Crippen LogP contribution in [0.15, 0.2) is 36.7 Å². The van der Waals surface area contributed by atoms with Crippen LogP contribution in [0.3, 0.4) is 0 Å². The summed E-state index contributed by atoms with van der Waals surface area (Å²) >= 11 is 0. The number of likely N-dealkylation sites (N-methyl/N-ethyl adjacent to an activating group) is 1. The van der Waals surface area contributed by atoms with Gasteiger partial charge in [0.25, 0.3) is 0 Å². The lowest BCUT2D eigenvalue weighted by atomic mass is 9.83. The number of carbonyl (C=O) groups excluding carboxylic acids is 3. The molecule has 0 aromatic heterocycles. The third kappa shape index (κ3) is 6.57. The summed E-state index contributed by atoms with van der Waals surface area (Å²) in [4.78, 5) is 41.8. The van der Waals surface area contributed by atoms with Crippen molar-refractivity contribution in [3.63, 3.8) is 0 Å². The fraction of sp³-hybridized carbons (Fsp3) is 0.560. The highest BCUT2D eigenvalue weighted by atomic mass is 16.5. The first-order valence-electron chi connectivity index (χ1n) is 11.8. The summed E-state index contributed by atoms with van der Waals surface area (Å²) in [5, 5.41) is 5.87. The highest BCUT2D eigenvalue weighted by Crippen LogP contribution is 2.28. The van der Waals surface area contributed by atoms with Gasteiger partial charge in [-0.1, -0.05) is 31.4 Å². The molecule has 3 amide bonds. The van der Waals surface area contributed by atoms with Crippen molar-refractivity contribution in [2.75, 3.05) is 27.2 Å². The molecule has 1 fully saturated rings. The molecule has 180 valence electrons. The van der Waals surface area contributed by atoms with Gasteiger partial charge in [-0.25, -0.2) is 0 Å². The van der Waals surface area contributed by atoms with Crippen LogP contribution >= 0.6 is 0 Å². The van der Waals surface area contributed by atoms with Gasteiger partial charge in [0, 0.05) is 18.9 Å². The summed E-state index contributed by atoms with van der Waals surface area (Å²) < 4.78 is 5.18. The van der Waals surface area contributed by atoms with Gasteiger partial charge in [0.05, 0.1) is 13.2 Å². The van der Waals surface area contributed by atoms with E-state index in [0.29, 0.717) is 13.0 Å². The van der Waals surface area contributed by atoms with Crippen LogP contribution < -0.4 is 15.4 Å². The van der Waals surface area contributed by atoms with Crippen LogP contribution in [0.5, 0.6) is 5.75 Å². The average Bonchev–Trinajstić information content (AvgIpc) is 2.86. The Balaban J connectivity index is 1.64. The number of benzene rings is 1. The number of hydrogen-bond donors (Lipinski definition) is 2. The zero-order valence-electron chi connectivity index (χ0n) is 19.9. The Labute approximate surface area is 196 Å². The van der Waals surface area contributed by atoms with E-state index >= 15 is 0 Å². The van der Waals surface area contributed by atoms with Gasteiger partial charge in [-0.15, -0.1) is 0 Å². The van der Waals surface area contributed by atoms with E-state index in [1.807, 2.05) is 24.3 Å². The highest BCUT2D eigenvalue weighted by Gasteiger charge is 2.36. The van der Waals surface area contributed by atoms with Gasteiger partial charge in [-0.3, -0.25) is 14.4 Å². The third-order valence-electron chi connectivity index (χ3n) is 6.65. The van der Waals surface area contributed by atoms with E-state index in [0.717, 1.165) is 43.4 Å². The number of nitrogens with one attached hydrogen (secondary N) is 2. The smallest absolute Gasteiger partial charge is 0.249 e. The van der Waals surface area contributed by atoms with Gasteiger partial charge < -0.3 is 25.2 Å². The van der Waals surface area contributed by atoms with Crippen LogP contribution in [0.1, 0.15) is 44.6 Å². The second-order valence-electron chi connectivity index (χ2n) is 8.84. The molecule has 2 aliphatic rings. The van der Waals surface area contributed by atoms with E-state index in [1.54, 1.807) is 38.4 Å². The molecule has 0 radical (unpaired) electrons. The Hall–Kier alpha value is -2.87. The van der Waals surface area contributed by atoms with Crippen molar-refractivity contribution in [2.45, 2.75) is 57.5 Å². The van der Waals surface area contributed by atoms with Gasteiger partial charge in [0.15, 0.2) is 0 Å². The predicted molar refractivity (Wildman–Crippen MR) is 126 cm³/mol. The van der Waals surface area contributed by atoms with Gasteiger partial charge in [0.1, 0.15) is 18.3 Å². The maximum Gasteiger partial charge on any atom is 0.249 e. The molecular weight excluding hydrogens is 420 g/mol. The van der Waals surface area contributed by atoms with E-state index in [9.17, 15) is 14.4 Å². The third-order valence-corrected chi connectivity index (χ3v) is 6.65. The molecule has 1 aliphatic carbocycles. The summed E-state index contributed by atoms with van der Waals surface area (Å²) in [6.07, 6.45) is 9.12. The zero-order chi connectivity index (χ0) is 23.8. The van der Waals surface area contributed by atoms with Gasteiger partial charge in [-0.2, -0.15) is 0 Å². The monoisotopic (exact) mass is 456 g/mol. The van der Waals surface area contributed by atoms with E-state index in [1.165, 1.54) is 4.90 Å². The summed E-state index contributed by atoms with van der Waals surface area (Å²) in [5.74, 6) is 0.353. The maximum absolute atomic E-state index is 13.4. The molecule has 1 saturated carbocycles. The molecule has 3 rings (SSSR count). The topological polar surface area (TPSA) is 91.0 Å². The highest BCUT2D eigenvalue weighted by molar-refractivity contribution is 5.93. The minimum absolute atomic E-state index is 0.0153. The number of rotatable bonds is 9. The van der Waals surface area contributed by atoms with Crippen LogP contribution in [0.25, 0.3) is 0 Å². The lowest BCUT2D eigenvalue weighted by Crippen LogP contribution is -2.56. The van der Waals surface area contributed by atoms with Crippen molar-refractivity contribution in [1.82, 2.24) is 20.4 Å². The Morgan fingerprint density at radius 1 is 1.12 bits per heavy atom. The molecule has 1 aliphatic heterocycles. The fourth-order valence-electron chi connectivity index (χ4n) is 4.36. The normalized spacial score (nSPS) is 18.7. The molecule has 8 heteroatoms. The molecule has 0 bridgehead atoms. The Morgan fingerprint density at radius 2 is 1.82 bits per heavy atom. The number of amides is 3. The lowest BCUT2D eigenvalue weighted by molar-refractivity contribution is -0.142. The van der Waals surface area contributed by atoms with Crippen LogP contribution in [0, 0.1) is 5.92 Å². The molecule has 2 atom stereocenters. The largest absolute Gasteiger partial charge is 0.497 e. The number of nitrogens with zero attached hydrogens (tertiary/aromatic N) is 2. The Bertz CT molecular complexity index is 848. The Morgan fingerprint density at radius 3 is 2.42 bits per heavy atom. The molecule has 0 saturated heterocycles. The first-order chi connectivity index (χ1) is 15.9. The Kier molecular flexibility index (Phi) is 8.88. The van der Waals surface area contributed by atoms with Gasteiger partial charge in [0.2, 0.25) is 17.7 Å². The van der Waals surface area contributed by atoms with E-state index in [-0.39, 0.29) is 30.2 Å². The van der Waals surface area contributed by atoms with Crippen LogP contribution in [-0.4, -0.2) is 66.9 Å². The first kappa shape index (κ1) is 24.8. The summed E-state index contributed by atoms with van der Waals surface area (Å²) in [7, 11) is 3.35. The van der Waals surface area contributed by atoms with Crippen LogP contribution in [-0.2, 0) is 20.8 Å². The molecule has 2 N–H and O–H groups in total. The quantitative estimate of drug-likeness (QED) is 0.594. The molecular formula is C25H36N4O4. The van der Waals surface area contributed by atoms with Crippen molar-refractivity contribution in [3.8, 4) is 5.75 Å². The van der Waals surface area contributed by atoms with Crippen LogP contribution in [0.4, 0.5) is 0 Å². The van der Waals surface area contributed by atoms with Crippen LogP contribution in [0.2, 0.25) is 0 Å². The number of methoxy groups -OCH3 is 1. The summed E-state index contributed by atoms with van der Waals surface area (Å²) in [6, 6.07) is 6.76. The van der Waals surface area contributed by atoms with Gasteiger partial charge >= 0.3 is 0 Å². The summed E-state index contributed by atoms with van der Waals surface area (Å²) in [6.45, 7) is 2.29. The van der Waals surface area contributed by atoms with E-state index in [2.05, 4.69) is 10.6 Å². The van der Waals surface area contributed by atoms with E-state index in [4.69, 9.17) is 4.74 Å². The SMILES string of the molecule is CN[C@@H](C)C(=O)N[C@H](C(=O)N1C=CN(CCc2ccc(OC)cc2)C(=O)C1)C1CCCCC1. The minimum atomic E-state index is -0.614. The maximum atomic E-state index is 13.4. The summed E-state index contributed by atoms with van der Waals surface area (Å²) in [5.41, 5.74) is 1.11. The molecule has 0 unspecified atom stereocenters. The molecule has 1 aromatic rings. The standard InChI is InChI=1S/C25H36N4O4/c1-18(26-2)24(31)27-23(20-7-5-4-6-8-20)25(32)29-16-15-28(22(30)17-29)14-13-19-9-11-21(33-3)12-10-19/h9-12,15-16,18,20,23,26H,4-8,13-14,17H2,1-3H3,(H,27,31)/t18-,23-/m0/s1. The van der Waals surface area contributed by atoms with Crippen molar-refractivity contribution < 1.29 is 19.1 Å². The molecule has 0 spiro atoms. The van der Waals surface area contributed by atoms with Crippen molar-refractivity contribution in [1.29, 1.82) is 0 Å². The number of ether oxygens (including phenoxy) is 1. The van der Waals surface area contributed by atoms with Crippen molar-refractivity contribution in [2.24, 2.45) is 5.92 Å². The second-order valence-corrected chi connectivity index (χ2v) is 8.84. The molecule has 8 nitrogen and oxygen atoms in total. The van der Waals surface area contributed by atoms with Crippen molar-refractivity contribution in [3.05, 3.63) is 42.2 Å². The van der Waals surface area contributed by atoms with Crippen molar-refractivity contribution >= 4 is 17.7 Å². The first-order valence-corrected chi connectivity index (χ1v) is 11.8. The second kappa shape index (κ2) is 11.8. The number of carbonyl (C=O) groups is 3. The lowest BCUT2D eigenvalue weighted by Gasteiger charge is -2.35. The average molecular weight is 457 g/mol. The van der Waals surface area contributed by atoms with E-state index < -0.39 is 12.1 Å². The number of hydrogen-bond acceptors (Lipinski definition) is 5.